The molecule has 2 N–H and O–H groups in total. The zero-order valence-corrected chi connectivity index (χ0v) is 12.8. The van der Waals surface area contributed by atoms with Crippen LogP contribution in [0.5, 0.6) is 0 Å². The van der Waals surface area contributed by atoms with Crippen molar-refractivity contribution in [1.82, 2.24) is 0 Å². The fraction of sp³-hybridized carbons (Fsp3) is 0.133. The summed E-state index contributed by atoms with van der Waals surface area (Å²) in [5.74, 6) is -2.31. The van der Waals surface area contributed by atoms with Gasteiger partial charge in [0.15, 0.2) is 11.6 Å². The number of nitrogens with one attached hydrogen (secondary N) is 2. The van der Waals surface area contributed by atoms with Crippen molar-refractivity contribution in [3.63, 3.8) is 0 Å². The third kappa shape index (κ3) is 4.32. The van der Waals surface area contributed by atoms with Gasteiger partial charge in [0.25, 0.3) is 0 Å². The predicted octanol–water partition coefficient (Wildman–Crippen LogP) is 4.71. The highest BCUT2D eigenvalue weighted by atomic mass is 35.5. The number of carbonyl (C=O) groups is 1. The second-order valence-corrected chi connectivity index (χ2v) is 5.24. The van der Waals surface area contributed by atoms with E-state index in [1.165, 1.54) is 6.07 Å². The molecule has 0 spiro atoms. The first-order valence-corrected chi connectivity index (χ1v) is 7.16. The molecule has 0 bridgehead atoms. The molecule has 2 rings (SSSR count). The number of benzene rings is 2. The molecule has 0 fully saturated rings. The minimum Gasteiger partial charge on any atom is -0.383 e. The predicted molar refractivity (Wildman–Crippen MR) is 84.6 cm³/mol. The van der Waals surface area contributed by atoms with Crippen LogP contribution < -0.4 is 10.6 Å². The molecule has 0 aliphatic heterocycles. The van der Waals surface area contributed by atoms with Crippen molar-refractivity contribution in [3.05, 3.63) is 58.1 Å². The molecule has 0 saturated carbocycles. The molecule has 22 heavy (non-hydrogen) atoms. The Bertz CT molecular complexity index is 695. The first-order chi connectivity index (χ1) is 10.5. The molecule has 0 aliphatic carbocycles. The van der Waals surface area contributed by atoms with Crippen molar-refractivity contribution in [1.29, 1.82) is 0 Å². The second kappa shape index (κ2) is 7.42. The summed E-state index contributed by atoms with van der Waals surface area (Å²) in [7, 11) is 0. The summed E-state index contributed by atoms with van der Waals surface area (Å²) in [5, 5.41) is 6.25. The lowest BCUT2D eigenvalue weighted by Gasteiger charge is -2.09. The van der Waals surface area contributed by atoms with Crippen LogP contribution in [0.4, 0.5) is 20.2 Å². The van der Waals surface area contributed by atoms with Crippen molar-refractivity contribution in [2.75, 3.05) is 17.2 Å². The van der Waals surface area contributed by atoms with Gasteiger partial charge in [0.05, 0.1) is 15.7 Å². The Kier molecular flexibility index (Phi) is 5.57. The summed E-state index contributed by atoms with van der Waals surface area (Å²) in [4.78, 5) is 11.7. The SMILES string of the molecule is O=C(CCNc1cccc(Cl)c1Cl)Nc1ccc(F)c(F)c1. The van der Waals surface area contributed by atoms with Crippen LogP contribution in [-0.4, -0.2) is 12.5 Å². The molecular weight excluding hydrogens is 333 g/mol. The molecule has 0 saturated heterocycles. The van der Waals surface area contributed by atoms with E-state index in [0.29, 0.717) is 22.3 Å². The summed E-state index contributed by atoms with van der Waals surface area (Å²) >= 11 is 11.9. The Morgan fingerprint density at radius 3 is 2.59 bits per heavy atom. The van der Waals surface area contributed by atoms with Crippen molar-refractivity contribution in [2.45, 2.75) is 6.42 Å². The molecule has 2 aromatic rings. The van der Waals surface area contributed by atoms with Gasteiger partial charge in [-0.25, -0.2) is 8.78 Å². The first kappa shape index (κ1) is 16.5. The third-order valence-corrected chi connectivity index (χ3v) is 3.64. The fourth-order valence-corrected chi connectivity index (χ4v) is 2.12. The normalized spacial score (nSPS) is 10.4. The third-order valence-electron chi connectivity index (χ3n) is 2.82. The van der Waals surface area contributed by atoms with Crippen molar-refractivity contribution < 1.29 is 13.6 Å². The van der Waals surface area contributed by atoms with Gasteiger partial charge in [0, 0.05) is 24.7 Å². The van der Waals surface area contributed by atoms with Crippen LogP contribution in [0.25, 0.3) is 0 Å². The van der Waals surface area contributed by atoms with E-state index in [9.17, 15) is 13.6 Å². The van der Waals surface area contributed by atoms with Crippen LogP contribution in [0.3, 0.4) is 0 Å². The van der Waals surface area contributed by atoms with Crippen LogP contribution >= 0.6 is 23.2 Å². The maximum Gasteiger partial charge on any atom is 0.226 e. The molecule has 0 heterocycles. The number of hydrogen-bond donors (Lipinski definition) is 2. The summed E-state index contributed by atoms with van der Waals surface area (Å²) in [6.45, 7) is 0.315. The molecule has 0 unspecified atom stereocenters. The average molecular weight is 345 g/mol. The summed E-state index contributed by atoms with van der Waals surface area (Å²) < 4.78 is 25.8. The molecule has 0 aliphatic rings. The Morgan fingerprint density at radius 1 is 1.09 bits per heavy atom. The Balaban J connectivity index is 1.85. The lowest BCUT2D eigenvalue weighted by molar-refractivity contribution is -0.115. The number of amides is 1. The molecular formula is C15H12Cl2F2N2O. The van der Waals surface area contributed by atoms with Gasteiger partial charge in [0.1, 0.15) is 0 Å². The highest BCUT2D eigenvalue weighted by Crippen LogP contribution is 2.29. The standard InChI is InChI=1S/C15H12Cl2F2N2O/c16-10-2-1-3-13(15(10)17)20-7-6-14(22)21-9-4-5-11(18)12(19)8-9/h1-5,8,20H,6-7H2,(H,21,22). The van der Waals surface area contributed by atoms with E-state index in [-0.39, 0.29) is 18.0 Å². The molecule has 3 nitrogen and oxygen atoms in total. The van der Waals surface area contributed by atoms with Gasteiger partial charge in [0.2, 0.25) is 5.91 Å². The maximum absolute atomic E-state index is 13.0. The van der Waals surface area contributed by atoms with Gasteiger partial charge in [-0.3, -0.25) is 4.79 Å². The number of carbonyl (C=O) groups excluding carboxylic acids is 1. The van der Waals surface area contributed by atoms with E-state index in [2.05, 4.69) is 10.6 Å². The Morgan fingerprint density at radius 2 is 1.86 bits per heavy atom. The number of halogens is 4. The maximum atomic E-state index is 13.0. The van der Waals surface area contributed by atoms with Gasteiger partial charge in [-0.1, -0.05) is 29.3 Å². The smallest absolute Gasteiger partial charge is 0.226 e. The summed E-state index contributed by atoms with van der Waals surface area (Å²) in [6.07, 6.45) is 0.127. The van der Waals surface area contributed by atoms with E-state index in [0.717, 1.165) is 12.1 Å². The largest absolute Gasteiger partial charge is 0.383 e. The topological polar surface area (TPSA) is 41.1 Å². The average Bonchev–Trinajstić information content (AvgIpc) is 2.47. The quantitative estimate of drug-likeness (QED) is 0.824. The number of rotatable bonds is 5. The highest BCUT2D eigenvalue weighted by molar-refractivity contribution is 6.43. The van der Waals surface area contributed by atoms with E-state index >= 15 is 0 Å². The monoisotopic (exact) mass is 344 g/mol. The summed E-state index contributed by atoms with van der Waals surface area (Å²) in [5.41, 5.74) is 0.819. The van der Waals surface area contributed by atoms with Crippen LogP contribution in [0.2, 0.25) is 10.0 Å². The van der Waals surface area contributed by atoms with Gasteiger partial charge >= 0.3 is 0 Å². The Hall–Kier alpha value is -1.85. The number of anilines is 2. The van der Waals surface area contributed by atoms with Crippen LogP contribution in [-0.2, 0) is 4.79 Å². The zero-order valence-electron chi connectivity index (χ0n) is 11.3. The van der Waals surface area contributed by atoms with E-state index in [4.69, 9.17) is 23.2 Å². The molecule has 1 amide bonds. The lowest BCUT2D eigenvalue weighted by atomic mass is 10.2. The minimum absolute atomic E-state index is 0.127. The van der Waals surface area contributed by atoms with E-state index in [1.807, 2.05) is 0 Å². The highest BCUT2D eigenvalue weighted by Gasteiger charge is 2.07. The lowest BCUT2D eigenvalue weighted by Crippen LogP contribution is -2.16. The first-order valence-electron chi connectivity index (χ1n) is 6.40. The van der Waals surface area contributed by atoms with E-state index in [1.54, 1.807) is 18.2 Å². The molecule has 116 valence electrons. The van der Waals surface area contributed by atoms with Crippen molar-refractivity contribution in [2.24, 2.45) is 0 Å². The van der Waals surface area contributed by atoms with Gasteiger partial charge in [-0.05, 0) is 24.3 Å². The Labute approximate surface area is 136 Å². The fourth-order valence-electron chi connectivity index (χ4n) is 1.75. The zero-order chi connectivity index (χ0) is 16.1. The molecule has 0 atom stereocenters. The van der Waals surface area contributed by atoms with Gasteiger partial charge in [-0.2, -0.15) is 0 Å². The van der Waals surface area contributed by atoms with Crippen LogP contribution in [0, 0.1) is 11.6 Å². The summed E-state index contributed by atoms with van der Waals surface area (Å²) in [6, 6.07) is 8.30. The molecule has 0 aromatic heterocycles. The van der Waals surface area contributed by atoms with Crippen LogP contribution in [0.15, 0.2) is 36.4 Å². The molecule has 0 radical (unpaired) electrons. The van der Waals surface area contributed by atoms with Crippen molar-refractivity contribution >= 4 is 40.5 Å². The van der Waals surface area contributed by atoms with Gasteiger partial charge in [-0.15, -0.1) is 0 Å². The molecule has 7 heteroatoms. The number of hydrogen-bond acceptors (Lipinski definition) is 2. The van der Waals surface area contributed by atoms with Crippen LogP contribution in [0.1, 0.15) is 6.42 Å². The molecule has 2 aromatic carbocycles. The van der Waals surface area contributed by atoms with Gasteiger partial charge < -0.3 is 10.6 Å². The van der Waals surface area contributed by atoms with E-state index < -0.39 is 11.6 Å². The second-order valence-electron chi connectivity index (χ2n) is 4.46. The minimum atomic E-state index is -1.01. The van der Waals surface area contributed by atoms with Crippen molar-refractivity contribution in [3.8, 4) is 0 Å².